The van der Waals surface area contributed by atoms with Crippen molar-refractivity contribution in [1.82, 2.24) is 0 Å². The maximum Gasteiger partial charge on any atom is 0.235 e. The Morgan fingerprint density at radius 1 is 0.906 bits per heavy atom. The highest BCUT2D eigenvalue weighted by Crippen LogP contribution is 2.28. The Bertz CT molecular complexity index is 1320. The van der Waals surface area contributed by atoms with E-state index >= 15 is 0 Å². The summed E-state index contributed by atoms with van der Waals surface area (Å²) >= 11 is 12.1. The van der Waals surface area contributed by atoms with E-state index in [4.69, 9.17) is 37.1 Å². The second kappa shape index (κ2) is 8.89. The monoisotopic (exact) mass is 468 g/mol. The van der Waals surface area contributed by atoms with Crippen LogP contribution in [0.5, 0.6) is 17.2 Å². The molecule has 0 bridgehead atoms. The summed E-state index contributed by atoms with van der Waals surface area (Å²) < 4.78 is 17.2. The molecule has 0 aliphatic carbocycles. The highest BCUT2D eigenvalue weighted by Gasteiger charge is 2.14. The largest absolute Gasteiger partial charge is 0.489 e. The summed E-state index contributed by atoms with van der Waals surface area (Å²) in [5.74, 6) is 1.25. The fourth-order valence-corrected chi connectivity index (χ4v) is 3.66. The first-order valence-corrected chi connectivity index (χ1v) is 10.9. The molecular weight excluding hydrogens is 447 g/mol. The number of hydrogen-bond donors (Lipinski definition) is 0. The molecule has 0 saturated heterocycles. The van der Waals surface area contributed by atoms with Gasteiger partial charge in [-0.15, -0.1) is 0 Å². The molecule has 3 aromatic carbocycles. The average molecular weight is 469 g/mol. The minimum Gasteiger partial charge on any atom is -0.489 e. The van der Waals surface area contributed by atoms with E-state index in [1.807, 2.05) is 30.3 Å². The van der Waals surface area contributed by atoms with Gasteiger partial charge in [0.2, 0.25) is 11.2 Å². The summed E-state index contributed by atoms with van der Waals surface area (Å²) in [7, 11) is 0. The molecule has 0 spiro atoms. The van der Waals surface area contributed by atoms with Crippen molar-refractivity contribution in [2.24, 2.45) is 0 Å². The van der Waals surface area contributed by atoms with Crippen LogP contribution in [-0.2, 0) is 12.0 Å². The van der Waals surface area contributed by atoms with Gasteiger partial charge in [-0.1, -0.05) is 62.2 Å². The van der Waals surface area contributed by atoms with Crippen LogP contribution in [0.25, 0.3) is 11.0 Å². The van der Waals surface area contributed by atoms with Crippen molar-refractivity contribution in [3.8, 4) is 17.2 Å². The van der Waals surface area contributed by atoms with Crippen molar-refractivity contribution >= 4 is 34.2 Å². The molecule has 4 rings (SSSR count). The second-order valence-corrected chi connectivity index (χ2v) is 9.33. The van der Waals surface area contributed by atoms with Crippen LogP contribution in [0, 0.1) is 0 Å². The molecule has 0 aliphatic rings. The smallest absolute Gasteiger partial charge is 0.235 e. The second-order valence-electron chi connectivity index (χ2n) is 8.49. The lowest BCUT2D eigenvalue weighted by atomic mass is 9.87. The molecule has 0 amide bonds. The molecule has 0 N–H and O–H groups in total. The Morgan fingerprint density at radius 2 is 1.62 bits per heavy atom. The van der Waals surface area contributed by atoms with E-state index < -0.39 is 0 Å². The number of ether oxygens (including phenoxy) is 2. The predicted molar refractivity (Wildman–Crippen MR) is 128 cm³/mol. The molecule has 164 valence electrons. The number of halogens is 2. The van der Waals surface area contributed by atoms with Crippen LogP contribution in [0.1, 0.15) is 31.9 Å². The summed E-state index contributed by atoms with van der Waals surface area (Å²) in [6, 6.07) is 18.0. The van der Waals surface area contributed by atoms with Crippen LogP contribution in [-0.4, -0.2) is 0 Å². The van der Waals surface area contributed by atoms with E-state index in [-0.39, 0.29) is 23.2 Å². The van der Waals surface area contributed by atoms with E-state index in [1.54, 1.807) is 30.3 Å². The maximum atomic E-state index is 12.9. The zero-order valence-corrected chi connectivity index (χ0v) is 19.5. The molecular formula is C26H22Cl2O4. The van der Waals surface area contributed by atoms with Crippen molar-refractivity contribution in [3.05, 3.63) is 98.3 Å². The summed E-state index contributed by atoms with van der Waals surface area (Å²) in [5, 5.41) is 1.50. The third-order valence-corrected chi connectivity index (χ3v) is 5.66. The summed E-state index contributed by atoms with van der Waals surface area (Å²) in [5.41, 5.74) is 2.18. The van der Waals surface area contributed by atoms with Gasteiger partial charge in [0.25, 0.3) is 0 Å². The molecule has 4 aromatic rings. The Labute approximate surface area is 196 Å². The van der Waals surface area contributed by atoms with E-state index in [2.05, 4.69) is 20.8 Å². The van der Waals surface area contributed by atoms with Gasteiger partial charge in [-0.25, -0.2) is 0 Å². The number of hydrogen-bond acceptors (Lipinski definition) is 4. The van der Waals surface area contributed by atoms with Crippen LogP contribution >= 0.6 is 23.2 Å². The lowest BCUT2D eigenvalue weighted by Crippen LogP contribution is -2.10. The van der Waals surface area contributed by atoms with Crippen LogP contribution in [0.15, 0.2) is 76.1 Å². The Kier molecular flexibility index (Phi) is 6.18. The highest BCUT2D eigenvalue weighted by atomic mass is 35.5. The topological polar surface area (TPSA) is 48.7 Å². The van der Waals surface area contributed by atoms with E-state index in [0.29, 0.717) is 32.5 Å². The molecule has 0 fully saturated rings. The van der Waals surface area contributed by atoms with Crippen LogP contribution < -0.4 is 14.9 Å². The van der Waals surface area contributed by atoms with E-state index in [0.717, 1.165) is 5.56 Å². The number of rotatable bonds is 5. The average Bonchev–Trinajstić information content (AvgIpc) is 2.75. The molecule has 0 atom stereocenters. The first-order valence-electron chi connectivity index (χ1n) is 10.1. The molecule has 0 unspecified atom stereocenters. The minimum absolute atomic E-state index is 0.0409. The molecule has 1 aromatic heterocycles. The molecule has 0 radical (unpaired) electrons. The Morgan fingerprint density at radius 3 is 2.31 bits per heavy atom. The van der Waals surface area contributed by atoms with Gasteiger partial charge in [0.1, 0.15) is 30.0 Å². The van der Waals surface area contributed by atoms with Crippen molar-refractivity contribution in [2.75, 3.05) is 0 Å². The van der Waals surface area contributed by atoms with Gasteiger partial charge < -0.3 is 13.9 Å². The van der Waals surface area contributed by atoms with Crippen molar-refractivity contribution in [3.63, 3.8) is 0 Å². The van der Waals surface area contributed by atoms with Crippen molar-refractivity contribution in [2.45, 2.75) is 32.8 Å². The summed E-state index contributed by atoms with van der Waals surface area (Å²) in [4.78, 5) is 12.9. The molecule has 4 nitrogen and oxygen atoms in total. The maximum absolute atomic E-state index is 12.9. The lowest BCUT2D eigenvalue weighted by Gasteiger charge is -2.19. The van der Waals surface area contributed by atoms with Gasteiger partial charge in [-0.05, 0) is 47.4 Å². The standard InChI is InChI=1S/C26H22Cl2O4/c1-26(2,3)17-5-8-19(9-6-17)32-24-15-31-23-13-20(10-11-21(23)25(24)29)30-14-16-4-7-18(27)12-22(16)28/h4-13,15H,14H2,1-3H3. The van der Waals surface area contributed by atoms with Gasteiger partial charge in [0.05, 0.1) is 5.39 Å². The molecule has 1 heterocycles. The number of fused-ring (bicyclic) bond motifs is 1. The zero-order valence-electron chi connectivity index (χ0n) is 17.9. The van der Waals surface area contributed by atoms with Crippen molar-refractivity contribution in [1.29, 1.82) is 0 Å². The molecule has 0 aliphatic heterocycles. The third kappa shape index (κ3) is 4.93. The van der Waals surface area contributed by atoms with Crippen LogP contribution in [0.3, 0.4) is 0 Å². The zero-order chi connectivity index (χ0) is 22.9. The minimum atomic E-state index is -0.251. The first-order chi connectivity index (χ1) is 15.2. The third-order valence-electron chi connectivity index (χ3n) is 5.07. The van der Waals surface area contributed by atoms with Gasteiger partial charge in [-0.2, -0.15) is 0 Å². The summed E-state index contributed by atoms with van der Waals surface area (Å²) in [6.07, 6.45) is 1.32. The summed E-state index contributed by atoms with van der Waals surface area (Å²) in [6.45, 7) is 6.69. The van der Waals surface area contributed by atoms with E-state index in [9.17, 15) is 4.79 Å². The van der Waals surface area contributed by atoms with Gasteiger partial charge >= 0.3 is 0 Å². The van der Waals surface area contributed by atoms with Gasteiger partial charge in [0.15, 0.2) is 0 Å². The SMILES string of the molecule is CC(C)(C)c1ccc(Oc2coc3cc(OCc4ccc(Cl)cc4Cl)ccc3c2=O)cc1. The molecule has 6 heteroatoms. The van der Waals surface area contributed by atoms with Crippen LogP contribution in [0.4, 0.5) is 0 Å². The number of benzene rings is 3. The Hall–Kier alpha value is -2.95. The Balaban J connectivity index is 1.52. The fraction of sp³-hybridized carbons (Fsp3) is 0.192. The lowest BCUT2D eigenvalue weighted by molar-refractivity contribution is 0.306. The van der Waals surface area contributed by atoms with Crippen LogP contribution in [0.2, 0.25) is 10.0 Å². The van der Waals surface area contributed by atoms with Crippen molar-refractivity contribution < 1.29 is 13.9 Å². The normalized spacial score (nSPS) is 11.5. The highest BCUT2D eigenvalue weighted by molar-refractivity contribution is 6.35. The van der Waals surface area contributed by atoms with Gasteiger partial charge in [0, 0.05) is 21.7 Å². The van der Waals surface area contributed by atoms with Gasteiger partial charge in [-0.3, -0.25) is 4.79 Å². The molecule has 32 heavy (non-hydrogen) atoms. The van der Waals surface area contributed by atoms with E-state index in [1.165, 1.54) is 11.8 Å². The quantitative estimate of drug-likeness (QED) is 0.300. The molecule has 0 saturated carbocycles. The fourth-order valence-electron chi connectivity index (χ4n) is 3.20. The first kappa shape index (κ1) is 22.3. The predicted octanol–water partition coefficient (Wildman–Crippen LogP) is 7.77.